The molecule has 2 rings (SSSR count). The summed E-state index contributed by atoms with van der Waals surface area (Å²) in [7, 11) is -2.80. The lowest BCUT2D eigenvalue weighted by Crippen LogP contribution is -2.35. The van der Waals surface area contributed by atoms with Gasteiger partial charge in [0.15, 0.2) is 4.90 Å². The third-order valence-electron chi connectivity index (χ3n) is 3.51. The van der Waals surface area contributed by atoms with Crippen LogP contribution in [0.1, 0.15) is 29.6 Å². The van der Waals surface area contributed by atoms with Crippen molar-refractivity contribution >= 4 is 21.7 Å². The smallest absolute Gasteiger partial charge is 0.338 e. The molecule has 0 radical (unpaired) electrons. The van der Waals surface area contributed by atoms with Crippen LogP contribution in [-0.2, 0) is 14.8 Å². The fourth-order valence-corrected chi connectivity index (χ4v) is 4.02. The predicted octanol–water partition coefficient (Wildman–Crippen LogP) is 1.56. The fraction of sp³-hybridized carbons (Fsp3) is 0.462. The molecule has 1 saturated heterocycles. The van der Waals surface area contributed by atoms with E-state index >= 15 is 0 Å². The molecule has 8 nitrogen and oxygen atoms in total. The summed E-state index contributed by atoms with van der Waals surface area (Å²) >= 11 is 0. The van der Waals surface area contributed by atoms with Gasteiger partial charge in [-0.15, -0.1) is 0 Å². The van der Waals surface area contributed by atoms with Gasteiger partial charge < -0.3 is 4.74 Å². The number of nitro groups is 1. The van der Waals surface area contributed by atoms with Gasteiger partial charge in [0, 0.05) is 19.2 Å². The van der Waals surface area contributed by atoms with E-state index in [0.29, 0.717) is 13.1 Å². The molecule has 1 aliphatic rings. The number of esters is 1. The monoisotopic (exact) mass is 328 g/mol. The van der Waals surface area contributed by atoms with Gasteiger partial charge in [0.1, 0.15) is 0 Å². The Hall–Kier alpha value is -2.00. The lowest BCUT2D eigenvalue weighted by Gasteiger charge is -2.25. The van der Waals surface area contributed by atoms with E-state index in [-0.39, 0.29) is 5.56 Å². The molecule has 0 atom stereocenters. The Morgan fingerprint density at radius 1 is 1.27 bits per heavy atom. The highest BCUT2D eigenvalue weighted by Crippen LogP contribution is 2.29. The van der Waals surface area contributed by atoms with Crippen molar-refractivity contribution in [3.63, 3.8) is 0 Å². The van der Waals surface area contributed by atoms with Crippen LogP contribution < -0.4 is 0 Å². The predicted molar refractivity (Wildman–Crippen MR) is 77.0 cm³/mol. The first-order valence-electron chi connectivity index (χ1n) is 6.75. The molecule has 1 fully saturated rings. The van der Waals surface area contributed by atoms with Gasteiger partial charge in [-0.2, -0.15) is 4.31 Å². The number of carbonyl (C=O) groups excluding carboxylic acids is 1. The number of sulfonamides is 1. The summed E-state index contributed by atoms with van der Waals surface area (Å²) in [5.74, 6) is -0.759. The molecule has 0 spiro atoms. The molecule has 0 unspecified atom stereocenters. The van der Waals surface area contributed by atoms with Crippen molar-refractivity contribution in [2.24, 2.45) is 0 Å². The number of ether oxygens (including phenoxy) is 1. The van der Waals surface area contributed by atoms with Crippen LogP contribution in [0.4, 0.5) is 5.69 Å². The minimum Gasteiger partial charge on any atom is -0.465 e. The van der Waals surface area contributed by atoms with Crippen molar-refractivity contribution in [2.75, 3.05) is 20.2 Å². The van der Waals surface area contributed by atoms with E-state index < -0.39 is 31.5 Å². The lowest BCUT2D eigenvalue weighted by molar-refractivity contribution is -0.387. The number of piperidine rings is 1. The second kappa shape index (κ2) is 6.41. The molecule has 1 heterocycles. The molecular weight excluding hydrogens is 312 g/mol. The highest BCUT2D eigenvalue weighted by molar-refractivity contribution is 7.89. The molecule has 1 aromatic carbocycles. The molecule has 0 saturated carbocycles. The Balaban J connectivity index is 2.49. The Bertz CT molecular complexity index is 694. The average Bonchev–Trinajstić information content (AvgIpc) is 2.54. The van der Waals surface area contributed by atoms with Crippen LogP contribution >= 0.6 is 0 Å². The third kappa shape index (κ3) is 3.09. The summed E-state index contributed by atoms with van der Waals surface area (Å²) in [6, 6.07) is 3.24. The topological polar surface area (TPSA) is 107 Å². The fourth-order valence-electron chi connectivity index (χ4n) is 2.37. The second-order valence-corrected chi connectivity index (χ2v) is 6.80. The first kappa shape index (κ1) is 16.4. The van der Waals surface area contributed by atoms with Gasteiger partial charge in [-0.1, -0.05) is 6.42 Å². The summed E-state index contributed by atoms with van der Waals surface area (Å²) in [5.41, 5.74) is -0.680. The zero-order chi connectivity index (χ0) is 16.3. The highest BCUT2D eigenvalue weighted by Gasteiger charge is 2.33. The molecule has 22 heavy (non-hydrogen) atoms. The number of nitro benzene ring substituents is 1. The maximum atomic E-state index is 12.6. The number of nitrogens with zero attached hydrogens (tertiary/aromatic N) is 2. The van der Waals surface area contributed by atoms with Crippen molar-refractivity contribution < 1.29 is 22.9 Å². The van der Waals surface area contributed by atoms with Crippen molar-refractivity contribution in [1.29, 1.82) is 0 Å². The summed E-state index contributed by atoms with van der Waals surface area (Å²) in [6.45, 7) is 0.691. The average molecular weight is 328 g/mol. The number of hydrogen-bond donors (Lipinski definition) is 0. The normalized spacial score (nSPS) is 16.2. The van der Waals surface area contributed by atoms with E-state index in [9.17, 15) is 23.3 Å². The van der Waals surface area contributed by atoms with Gasteiger partial charge in [-0.3, -0.25) is 10.1 Å². The SMILES string of the molecule is COC(=O)c1ccc(S(=O)(=O)N2CCCCC2)c([N+](=O)[O-])c1. The van der Waals surface area contributed by atoms with Crippen LogP contribution in [0, 0.1) is 10.1 Å². The first-order chi connectivity index (χ1) is 10.4. The molecule has 0 aromatic heterocycles. The molecule has 9 heteroatoms. The van der Waals surface area contributed by atoms with E-state index in [1.54, 1.807) is 0 Å². The van der Waals surface area contributed by atoms with E-state index in [1.807, 2.05) is 0 Å². The van der Waals surface area contributed by atoms with Gasteiger partial charge in [0.2, 0.25) is 10.0 Å². The number of benzene rings is 1. The number of rotatable bonds is 4. The Morgan fingerprint density at radius 2 is 1.91 bits per heavy atom. The standard InChI is InChI=1S/C13H16N2O6S/c1-21-13(16)10-5-6-12(11(9-10)15(17)18)22(19,20)14-7-3-2-4-8-14/h5-6,9H,2-4,7-8H2,1H3. The molecule has 1 aliphatic heterocycles. The highest BCUT2D eigenvalue weighted by atomic mass is 32.2. The van der Waals surface area contributed by atoms with Crippen LogP contribution in [0.5, 0.6) is 0 Å². The number of hydrogen-bond acceptors (Lipinski definition) is 6. The minimum atomic E-state index is -3.95. The molecule has 0 amide bonds. The van der Waals surface area contributed by atoms with Gasteiger partial charge >= 0.3 is 5.97 Å². The van der Waals surface area contributed by atoms with E-state index in [0.717, 1.165) is 38.5 Å². The molecule has 120 valence electrons. The maximum Gasteiger partial charge on any atom is 0.338 e. The molecule has 0 aliphatic carbocycles. The van der Waals surface area contributed by atoms with Crippen LogP contribution in [0.25, 0.3) is 0 Å². The van der Waals surface area contributed by atoms with Crippen LogP contribution in [-0.4, -0.2) is 43.8 Å². The number of methoxy groups -OCH3 is 1. The van der Waals surface area contributed by atoms with Gasteiger partial charge in [0.25, 0.3) is 5.69 Å². The maximum absolute atomic E-state index is 12.6. The van der Waals surface area contributed by atoms with Crippen molar-refractivity contribution in [2.45, 2.75) is 24.2 Å². The summed E-state index contributed by atoms with van der Waals surface area (Å²) in [4.78, 5) is 21.4. The molecule has 1 aromatic rings. The summed E-state index contributed by atoms with van der Waals surface area (Å²) in [5, 5.41) is 11.2. The quantitative estimate of drug-likeness (QED) is 0.471. The molecular formula is C13H16N2O6S. The van der Waals surface area contributed by atoms with Crippen LogP contribution in [0.3, 0.4) is 0 Å². The minimum absolute atomic E-state index is 0.0632. The summed E-state index contributed by atoms with van der Waals surface area (Å²) in [6.07, 6.45) is 2.40. The Kier molecular flexibility index (Phi) is 4.77. The van der Waals surface area contributed by atoms with Crippen LogP contribution in [0.15, 0.2) is 23.1 Å². The zero-order valence-electron chi connectivity index (χ0n) is 12.0. The van der Waals surface area contributed by atoms with E-state index in [2.05, 4.69) is 4.74 Å². The van der Waals surface area contributed by atoms with Gasteiger partial charge in [-0.05, 0) is 25.0 Å². The van der Waals surface area contributed by atoms with Crippen molar-refractivity contribution in [1.82, 2.24) is 4.31 Å². The number of carbonyl (C=O) groups is 1. The van der Waals surface area contributed by atoms with Gasteiger partial charge in [0.05, 0.1) is 17.6 Å². The Labute approximate surface area is 127 Å². The van der Waals surface area contributed by atoms with E-state index in [4.69, 9.17) is 0 Å². The van der Waals surface area contributed by atoms with E-state index in [1.165, 1.54) is 10.4 Å². The Morgan fingerprint density at radius 3 is 2.45 bits per heavy atom. The van der Waals surface area contributed by atoms with Crippen LogP contribution in [0.2, 0.25) is 0 Å². The van der Waals surface area contributed by atoms with Gasteiger partial charge in [-0.25, -0.2) is 13.2 Å². The molecule has 0 N–H and O–H groups in total. The first-order valence-corrected chi connectivity index (χ1v) is 8.19. The summed E-state index contributed by atoms with van der Waals surface area (Å²) < 4.78 is 30.9. The second-order valence-electron chi connectivity index (χ2n) is 4.90. The third-order valence-corrected chi connectivity index (χ3v) is 5.46. The zero-order valence-corrected chi connectivity index (χ0v) is 12.8. The van der Waals surface area contributed by atoms with Crippen molar-refractivity contribution in [3.8, 4) is 0 Å². The molecule has 0 bridgehead atoms. The lowest BCUT2D eigenvalue weighted by atomic mass is 10.2. The van der Waals surface area contributed by atoms with Crippen molar-refractivity contribution in [3.05, 3.63) is 33.9 Å². The largest absolute Gasteiger partial charge is 0.465 e.